The molecule has 2 N–H and O–H groups in total. The second kappa shape index (κ2) is 3.56. The lowest BCUT2D eigenvalue weighted by molar-refractivity contribution is 0.403. The van der Waals surface area contributed by atoms with E-state index in [2.05, 4.69) is 0 Å². The van der Waals surface area contributed by atoms with Crippen LogP contribution in [0.25, 0.3) is 0 Å². The van der Waals surface area contributed by atoms with Crippen molar-refractivity contribution < 1.29 is 4.39 Å². The summed E-state index contributed by atoms with van der Waals surface area (Å²) in [7, 11) is 0. The van der Waals surface area contributed by atoms with E-state index in [-0.39, 0.29) is 11.9 Å². The van der Waals surface area contributed by atoms with Gasteiger partial charge in [-0.2, -0.15) is 0 Å². The quantitative estimate of drug-likeness (QED) is 0.812. The van der Waals surface area contributed by atoms with Crippen molar-refractivity contribution in [3.8, 4) is 0 Å². The van der Waals surface area contributed by atoms with Crippen molar-refractivity contribution in [2.24, 2.45) is 23.5 Å². The van der Waals surface area contributed by atoms with E-state index < -0.39 is 0 Å². The fourth-order valence-corrected chi connectivity index (χ4v) is 3.14. The minimum Gasteiger partial charge on any atom is -0.324 e. The van der Waals surface area contributed by atoms with Crippen LogP contribution >= 0.6 is 0 Å². The van der Waals surface area contributed by atoms with Crippen LogP contribution in [0.3, 0.4) is 0 Å². The Balaban J connectivity index is 1.77. The zero-order valence-electron chi connectivity index (χ0n) is 9.62. The average Bonchev–Trinajstić information content (AvgIpc) is 2.89. The van der Waals surface area contributed by atoms with Gasteiger partial charge < -0.3 is 5.73 Å². The highest BCUT2D eigenvalue weighted by Crippen LogP contribution is 2.56. The van der Waals surface area contributed by atoms with Gasteiger partial charge in [0.15, 0.2) is 0 Å². The zero-order valence-corrected chi connectivity index (χ0v) is 9.62. The topological polar surface area (TPSA) is 26.0 Å². The summed E-state index contributed by atoms with van der Waals surface area (Å²) in [6.45, 7) is 1.79. The molecule has 2 heteroatoms. The smallest absolute Gasteiger partial charge is 0.126 e. The van der Waals surface area contributed by atoms with Gasteiger partial charge in [-0.25, -0.2) is 4.39 Å². The number of rotatable bonds is 2. The van der Waals surface area contributed by atoms with Crippen molar-refractivity contribution in [2.75, 3.05) is 0 Å². The molecule has 2 aliphatic carbocycles. The van der Waals surface area contributed by atoms with E-state index >= 15 is 0 Å². The van der Waals surface area contributed by atoms with Crippen LogP contribution in [0.2, 0.25) is 0 Å². The molecule has 86 valence electrons. The number of benzene rings is 1. The predicted octanol–water partition coefficient (Wildman–Crippen LogP) is 3.18. The van der Waals surface area contributed by atoms with Gasteiger partial charge in [-0.1, -0.05) is 12.1 Å². The molecule has 3 atom stereocenters. The third kappa shape index (κ3) is 1.65. The maximum absolute atomic E-state index is 13.5. The molecule has 1 aromatic rings. The molecule has 1 nitrogen and oxygen atoms in total. The van der Waals surface area contributed by atoms with E-state index in [4.69, 9.17) is 5.73 Å². The van der Waals surface area contributed by atoms with Crippen molar-refractivity contribution >= 4 is 0 Å². The van der Waals surface area contributed by atoms with Crippen LogP contribution in [-0.2, 0) is 0 Å². The number of hydrogen-bond donors (Lipinski definition) is 1. The minimum atomic E-state index is -0.129. The van der Waals surface area contributed by atoms with Gasteiger partial charge in [0.2, 0.25) is 0 Å². The zero-order chi connectivity index (χ0) is 11.3. The molecular weight excluding hydrogens is 201 g/mol. The molecule has 0 saturated heterocycles. The Morgan fingerprint density at radius 3 is 2.56 bits per heavy atom. The summed E-state index contributed by atoms with van der Waals surface area (Å²) in [5, 5.41) is 0. The number of nitrogens with two attached hydrogens (primary N) is 1. The first-order chi connectivity index (χ1) is 7.65. The molecule has 2 saturated carbocycles. The third-order valence-corrected chi connectivity index (χ3v) is 4.37. The maximum atomic E-state index is 13.5. The van der Waals surface area contributed by atoms with E-state index in [9.17, 15) is 4.39 Å². The molecule has 0 heterocycles. The van der Waals surface area contributed by atoms with Gasteiger partial charge in [-0.3, -0.25) is 0 Å². The Morgan fingerprint density at radius 2 is 1.94 bits per heavy atom. The first kappa shape index (κ1) is 10.3. The molecule has 16 heavy (non-hydrogen) atoms. The highest BCUT2D eigenvalue weighted by Gasteiger charge is 2.47. The van der Waals surface area contributed by atoms with Crippen LogP contribution in [0, 0.1) is 30.5 Å². The summed E-state index contributed by atoms with van der Waals surface area (Å²) >= 11 is 0. The molecule has 0 spiro atoms. The summed E-state index contributed by atoms with van der Waals surface area (Å²) in [6.07, 6.45) is 3.91. The van der Waals surface area contributed by atoms with E-state index in [0.29, 0.717) is 11.5 Å². The number of aryl methyl sites for hydroxylation is 1. The van der Waals surface area contributed by atoms with Gasteiger partial charge >= 0.3 is 0 Å². The summed E-state index contributed by atoms with van der Waals surface area (Å²) in [6, 6.07) is 5.46. The van der Waals surface area contributed by atoms with Crippen LogP contribution in [0.15, 0.2) is 18.2 Å². The fourth-order valence-electron chi connectivity index (χ4n) is 3.14. The summed E-state index contributed by atoms with van der Waals surface area (Å²) in [5.74, 6) is 2.32. The monoisotopic (exact) mass is 219 g/mol. The van der Waals surface area contributed by atoms with Gasteiger partial charge in [0.05, 0.1) is 0 Å². The first-order valence-corrected chi connectivity index (χ1v) is 6.17. The van der Waals surface area contributed by atoms with Crippen LogP contribution < -0.4 is 5.73 Å². The molecule has 0 amide bonds. The molecule has 2 fully saturated rings. The minimum absolute atomic E-state index is 0.0305. The SMILES string of the molecule is Cc1ccc(C(N)C2CC3CC3C2)cc1F. The lowest BCUT2D eigenvalue weighted by Crippen LogP contribution is -2.20. The largest absolute Gasteiger partial charge is 0.324 e. The summed E-state index contributed by atoms with van der Waals surface area (Å²) in [5.41, 5.74) is 7.90. The van der Waals surface area contributed by atoms with Crippen molar-refractivity contribution in [3.05, 3.63) is 35.1 Å². The van der Waals surface area contributed by atoms with E-state index in [1.165, 1.54) is 19.3 Å². The van der Waals surface area contributed by atoms with Crippen molar-refractivity contribution in [1.82, 2.24) is 0 Å². The first-order valence-electron chi connectivity index (χ1n) is 6.17. The second-order valence-electron chi connectivity index (χ2n) is 5.52. The van der Waals surface area contributed by atoms with E-state index in [1.54, 1.807) is 13.0 Å². The highest BCUT2D eigenvalue weighted by atomic mass is 19.1. The summed E-state index contributed by atoms with van der Waals surface area (Å²) < 4.78 is 13.5. The Labute approximate surface area is 95.8 Å². The molecule has 1 aromatic carbocycles. The fraction of sp³-hybridized carbons (Fsp3) is 0.571. The Bertz CT molecular complexity index is 405. The average molecular weight is 219 g/mol. The normalized spacial score (nSPS) is 33.6. The molecule has 2 aliphatic rings. The molecule has 3 rings (SSSR count). The van der Waals surface area contributed by atoms with E-state index in [0.717, 1.165) is 17.4 Å². The Kier molecular flexibility index (Phi) is 2.28. The third-order valence-electron chi connectivity index (χ3n) is 4.37. The van der Waals surface area contributed by atoms with Crippen LogP contribution in [-0.4, -0.2) is 0 Å². The second-order valence-corrected chi connectivity index (χ2v) is 5.52. The van der Waals surface area contributed by atoms with Gasteiger partial charge in [-0.05, 0) is 61.1 Å². The lowest BCUT2D eigenvalue weighted by Gasteiger charge is -2.21. The standard InChI is InChI=1S/C14H18FN/c1-8-2-3-9(7-13(8)15)14(16)12-5-10-4-11(10)6-12/h2-3,7,10-12,14H,4-6,16H2,1H3. The Hall–Kier alpha value is -0.890. The number of fused-ring (bicyclic) bond motifs is 1. The lowest BCUT2D eigenvalue weighted by atomic mass is 9.89. The van der Waals surface area contributed by atoms with Crippen LogP contribution in [0.1, 0.15) is 36.4 Å². The molecule has 0 bridgehead atoms. The number of halogens is 1. The van der Waals surface area contributed by atoms with Gasteiger partial charge in [-0.15, -0.1) is 0 Å². The number of hydrogen-bond acceptors (Lipinski definition) is 1. The highest BCUT2D eigenvalue weighted by molar-refractivity contribution is 5.26. The molecule has 0 radical (unpaired) electrons. The van der Waals surface area contributed by atoms with Crippen LogP contribution in [0.5, 0.6) is 0 Å². The summed E-state index contributed by atoms with van der Waals surface area (Å²) in [4.78, 5) is 0. The molecule has 3 unspecified atom stereocenters. The maximum Gasteiger partial charge on any atom is 0.126 e. The molecule has 0 aliphatic heterocycles. The molecule has 0 aromatic heterocycles. The van der Waals surface area contributed by atoms with Crippen LogP contribution in [0.4, 0.5) is 4.39 Å². The Morgan fingerprint density at radius 1 is 1.25 bits per heavy atom. The molecular formula is C14H18FN. The van der Waals surface area contributed by atoms with Gasteiger partial charge in [0.1, 0.15) is 5.82 Å². The van der Waals surface area contributed by atoms with Gasteiger partial charge in [0, 0.05) is 6.04 Å². The predicted molar refractivity (Wildman–Crippen MR) is 62.4 cm³/mol. The van der Waals surface area contributed by atoms with Gasteiger partial charge in [0.25, 0.3) is 0 Å². The van der Waals surface area contributed by atoms with E-state index in [1.807, 2.05) is 12.1 Å². The van der Waals surface area contributed by atoms with Crippen molar-refractivity contribution in [1.29, 1.82) is 0 Å². The van der Waals surface area contributed by atoms with Crippen molar-refractivity contribution in [2.45, 2.75) is 32.2 Å². The van der Waals surface area contributed by atoms with Crippen molar-refractivity contribution in [3.63, 3.8) is 0 Å².